The number of carbonyl (C=O) groups is 1. The number of nitrogens with zero attached hydrogens (tertiary/aromatic N) is 3. The molecule has 0 bridgehead atoms. The number of amides is 1. The fourth-order valence-electron chi connectivity index (χ4n) is 3.26. The number of rotatable bonds is 6. The monoisotopic (exact) mass is 355 g/mol. The summed E-state index contributed by atoms with van der Waals surface area (Å²) in [6.07, 6.45) is 3.89. The zero-order valence-corrected chi connectivity index (χ0v) is 14.4. The summed E-state index contributed by atoms with van der Waals surface area (Å²) in [5, 5.41) is 15.1. The Morgan fingerprint density at radius 2 is 2.08 bits per heavy atom. The summed E-state index contributed by atoms with van der Waals surface area (Å²) in [6.45, 7) is 2.79. The summed E-state index contributed by atoms with van der Waals surface area (Å²) in [5.74, 6) is 1.36. The van der Waals surface area contributed by atoms with Gasteiger partial charge in [0.2, 0.25) is 18.1 Å². The number of hydrogen-bond donors (Lipinski definition) is 2. The SMILES string of the molecule is N=Cc1ccc(-c2noc(C3CCN(C=O)CC3)n2)cc1NC1COC1. The van der Waals surface area contributed by atoms with Gasteiger partial charge in [0.1, 0.15) is 0 Å². The topological polar surface area (TPSA) is 104 Å². The molecular weight excluding hydrogens is 334 g/mol. The molecule has 1 aromatic carbocycles. The van der Waals surface area contributed by atoms with Crippen LogP contribution in [-0.4, -0.2) is 60.0 Å². The van der Waals surface area contributed by atoms with E-state index in [1.807, 2.05) is 18.2 Å². The first-order valence-electron chi connectivity index (χ1n) is 8.79. The number of ether oxygens (including phenoxy) is 1. The van der Waals surface area contributed by atoms with Gasteiger partial charge in [-0.1, -0.05) is 17.3 Å². The molecule has 2 fully saturated rings. The average Bonchev–Trinajstić information content (AvgIpc) is 3.15. The van der Waals surface area contributed by atoms with Gasteiger partial charge in [0, 0.05) is 42.0 Å². The lowest BCUT2D eigenvalue weighted by Gasteiger charge is -2.28. The molecule has 4 rings (SSSR count). The zero-order chi connectivity index (χ0) is 17.9. The molecule has 2 N–H and O–H groups in total. The number of likely N-dealkylation sites (tertiary alicyclic amines) is 1. The molecule has 0 atom stereocenters. The van der Waals surface area contributed by atoms with E-state index in [0.29, 0.717) is 24.9 Å². The van der Waals surface area contributed by atoms with Gasteiger partial charge >= 0.3 is 0 Å². The van der Waals surface area contributed by atoms with E-state index in [4.69, 9.17) is 14.7 Å². The predicted molar refractivity (Wildman–Crippen MR) is 95.5 cm³/mol. The molecule has 2 aromatic rings. The van der Waals surface area contributed by atoms with Gasteiger partial charge in [-0.25, -0.2) is 0 Å². The van der Waals surface area contributed by atoms with E-state index >= 15 is 0 Å². The Labute approximate surface area is 151 Å². The highest BCUT2D eigenvalue weighted by Crippen LogP contribution is 2.29. The quantitative estimate of drug-likeness (QED) is 0.606. The first-order chi connectivity index (χ1) is 12.8. The lowest BCUT2D eigenvalue weighted by Crippen LogP contribution is -2.40. The predicted octanol–water partition coefficient (Wildman–Crippen LogP) is 1.88. The largest absolute Gasteiger partial charge is 0.377 e. The molecule has 0 spiro atoms. The Bertz CT molecular complexity index is 794. The van der Waals surface area contributed by atoms with Gasteiger partial charge in [0.25, 0.3) is 0 Å². The van der Waals surface area contributed by atoms with Crippen LogP contribution in [0.1, 0.15) is 30.2 Å². The summed E-state index contributed by atoms with van der Waals surface area (Å²) in [5.41, 5.74) is 2.53. The molecule has 8 heteroatoms. The molecule has 0 aliphatic carbocycles. The van der Waals surface area contributed by atoms with Crippen LogP contribution in [0.3, 0.4) is 0 Å². The van der Waals surface area contributed by atoms with Crippen LogP contribution in [0.5, 0.6) is 0 Å². The normalized spacial score (nSPS) is 18.4. The molecule has 2 aliphatic rings. The minimum absolute atomic E-state index is 0.193. The second-order valence-electron chi connectivity index (χ2n) is 6.70. The Hall–Kier alpha value is -2.74. The van der Waals surface area contributed by atoms with Gasteiger partial charge in [0.05, 0.1) is 19.3 Å². The van der Waals surface area contributed by atoms with Crippen LogP contribution < -0.4 is 5.32 Å². The summed E-state index contributed by atoms with van der Waals surface area (Å²) < 4.78 is 10.7. The molecular formula is C18H21N5O3. The summed E-state index contributed by atoms with van der Waals surface area (Å²) in [4.78, 5) is 17.2. The molecule has 1 amide bonds. The smallest absolute Gasteiger partial charge is 0.230 e. The van der Waals surface area contributed by atoms with E-state index in [9.17, 15) is 4.79 Å². The highest BCUT2D eigenvalue weighted by atomic mass is 16.5. The van der Waals surface area contributed by atoms with E-state index in [-0.39, 0.29) is 12.0 Å². The first-order valence-corrected chi connectivity index (χ1v) is 8.79. The third-order valence-electron chi connectivity index (χ3n) is 4.93. The van der Waals surface area contributed by atoms with Crippen molar-refractivity contribution in [1.29, 1.82) is 5.41 Å². The maximum Gasteiger partial charge on any atom is 0.230 e. The van der Waals surface area contributed by atoms with Crippen molar-refractivity contribution in [2.45, 2.75) is 24.8 Å². The second-order valence-corrected chi connectivity index (χ2v) is 6.70. The van der Waals surface area contributed by atoms with Crippen molar-refractivity contribution in [3.63, 3.8) is 0 Å². The number of hydrogen-bond acceptors (Lipinski definition) is 7. The number of benzene rings is 1. The van der Waals surface area contributed by atoms with Crippen molar-refractivity contribution < 1.29 is 14.1 Å². The molecule has 2 aliphatic heterocycles. The van der Waals surface area contributed by atoms with Gasteiger partial charge < -0.3 is 24.9 Å². The van der Waals surface area contributed by atoms with Crippen LogP contribution in [-0.2, 0) is 9.53 Å². The Balaban J connectivity index is 1.52. The van der Waals surface area contributed by atoms with E-state index < -0.39 is 0 Å². The van der Waals surface area contributed by atoms with E-state index in [1.54, 1.807) is 4.90 Å². The highest BCUT2D eigenvalue weighted by Gasteiger charge is 2.25. The van der Waals surface area contributed by atoms with Crippen molar-refractivity contribution in [1.82, 2.24) is 15.0 Å². The number of carbonyl (C=O) groups excluding carboxylic acids is 1. The van der Waals surface area contributed by atoms with Gasteiger partial charge in [-0.2, -0.15) is 4.98 Å². The second kappa shape index (κ2) is 7.25. The van der Waals surface area contributed by atoms with E-state index in [0.717, 1.165) is 49.2 Å². The Kier molecular flexibility index (Phi) is 4.66. The fourth-order valence-corrected chi connectivity index (χ4v) is 3.26. The van der Waals surface area contributed by atoms with Crippen LogP contribution in [0.2, 0.25) is 0 Å². The lowest BCUT2D eigenvalue weighted by atomic mass is 9.97. The van der Waals surface area contributed by atoms with Crippen molar-refractivity contribution in [3.8, 4) is 11.4 Å². The van der Waals surface area contributed by atoms with E-state index in [2.05, 4.69) is 15.5 Å². The van der Waals surface area contributed by atoms with Gasteiger partial charge in [-0.3, -0.25) is 4.79 Å². The number of anilines is 1. The summed E-state index contributed by atoms with van der Waals surface area (Å²) in [7, 11) is 0. The van der Waals surface area contributed by atoms with Crippen molar-refractivity contribution in [2.75, 3.05) is 31.6 Å². The van der Waals surface area contributed by atoms with Crippen molar-refractivity contribution in [3.05, 3.63) is 29.7 Å². The number of piperidine rings is 1. The fraction of sp³-hybridized carbons (Fsp3) is 0.444. The van der Waals surface area contributed by atoms with Crippen LogP contribution in [0, 0.1) is 5.41 Å². The van der Waals surface area contributed by atoms with Gasteiger partial charge in [-0.05, 0) is 18.9 Å². The molecule has 0 radical (unpaired) electrons. The molecule has 8 nitrogen and oxygen atoms in total. The lowest BCUT2D eigenvalue weighted by molar-refractivity contribution is -0.119. The third kappa shape index (κ3) is 3.32. The van der Waals surface area contributed by atoms with Gasteiger partial charge in [0.15, 0.2) is 0 Å². The number of nitrogens with one attached hydrogen (secondary N) is 2. The van der Waals surface area contributed by atoms with Crippen LogP contribution in [0.15, 0.2) is 22.7 Å². The molecule has 26 heavy (non-hydrogen) atoms. The molecule has 3 heterocycles. The average molecular weight is 355 g/mol. The first kappa shape index (κ1) is 16.7. The maximum absolute atomic E-state index is 10.8. The number of aromatic nitrogens is 2. The summed E-state index contributed by atoms with van der Waals surface area (Å²) >= 11 is 0. The minimum atomic E-state index is 0.193. The molecule has 0 saturated carbocycles. The zero-order valence-electron chi connectivity index (χ0n) is 14.4. The van der Waals surface area contributed by atoms with E-state index in [1.165, 1.54) is 6.21 Å². The molecule has 1 aromatic heterocycles. The summed E-state index contributed by atoms with van der Waals surface area (Å²) in [6, 6.07) is 5.99. The van der Waals surface area contributed by atoms with Gasteiger partial charge in [-0.15, -0.1) is 0 Å². The standard InChI is InChI=1S/C18H21N5O3/c19-8-14-2-1-13(7-16(14)20-15-9-25-10-15)17-21-18(26-22-17)12-3-5-23(11-24)6-4-12/h1-2,7-8,11-12,15,19-20H,3-6,9-10H2. The van der Waals surface area contributed by atoms with Crippen LogP contribution >= 0.6 is 0 Å². The molecule has 2 saturated heterocycles. The third-order valence-corrected chi connectivity index (χ3v) is 4.93. The molecule has 0 unspecified atom stereocenters. The Morgan fingerprint density at radius 3 is 2.73 bits per heavy atom. The highest BCUT2D eigenvalue weighted by molar-refractivity contribution is 5.87. The molecule has 136 valence electrons. The maximum atomic E-state index is 10.8. The van der Waals surface area contributed by atoms with Crippen LogP contribution in [0.25, 0.3) is 11.4 Å². The Morgan fingerprint density at radius 1 is 1.27 bits per heavy atom. The minimum Gasteiger partial charge on any atom is -0.377 e. The van der Waals surface area contributed by atoms with Crippen molar-refractivity contribution >= 4 is 18.3 Å². The van der Waals surface area contributed by atoms with Crippen molar-refractivity contribution in [2.24, 2.45) is 0 Å². The van der Waals surface area contributed by atoms with Crippen LogP contribution in [0.4, 0.5) is 5.69 Å².